The number of hydrogen-bond acceptors (Lipinski definition) is 4. The van der Waals surface area contributed by atoms with Crippen molar-refractivity contribution < 1.29 is 19.1 Å². The van der Waals surface area contributed by atoms with Crippen LogP contribution in [-0.2, 0) is 9.59 Å². The van der Waals surface area contributed by atoms with Crippen LogP contribution in [0.15, 0.2) is 48.5 Å². The van der Waals surface area contributed by atoms with E-state index < -0.39 is 0 Å². The van der Waals surface area contributed by atoms with Crippen LogP contribution in [0.1, 0.15) is 18.4 Å². The first-order valence-electron chi connectivity index (χ1n) is 7.72. The van der Waals surface area contributed by atoms with Crippen molar-refractivity contribution in [3.63, 3.8) is 0 Å². The summed E-state index contributed by atoms with van der Waals surface area (Å²) in [6.07, 6.45) is 0.274. The molecule has 0 aromatic heterocycles. The van der Waals surface area contributed by atoms with Gasteiger partial charge in [0.05, 0.1) is 7.11 Å². The molecule has 5 nitrogen and oxygen atoms in total. The predicted octanol–water partition coefficient (Wildman–Crippen LogP) is 3.37. The zero-order valence-corrected chi connectivity index (χ0v) is 13.9. The SMILES string of the molecule is COc1ccc(NC(=O)CCC(=O)COc2ccccc2)c(C)c1. The molecule has 0 saturated carbocycles. The van der Waals surface area contributed by atoms with E-state index in [1.165, 1.54) is 0 Å². The number of carbonyl (C=O) groups is 2. The first-order chi connectivity index (χ1) is 11.6. The summed E-state index contributed by atoms with van der Waals surface area (Å²) in [5.74, 6) is 1.07. The molecule has 0 unspecified atom stereocenters. The number of aryl methyl sites for hydroxylation is 1. The van der Waals surface area contributed by atoms with Crippen molar-refractivity contribution in [3.8, 4) is 11.5 Å². The number of anilines is 1. The van der Waals surface area contributed by atoms with Gasteiger partial charge in [0.2, 0.25) is 5.91 Å². The van der Waals surface area contributed by atoms with Crippen LogP contribution in [0.25, 0.3) is 0 Å². The molecule has 0 bridgehead atoms. The number of carbonyl (C=O) groups excluding carboxylic acids is 2. The second kappa shape index (κ2) is 8.72. The van der Waals surface area contributed by atoms with E-state index in [2.05, 4.69) is 5.32 Å². The third-order valence-corrected chi connectivity index (χ3v) is 3.48. The van der Waals surface area contributed by atoms with E-state index in [0.29, 0.717) is 11.4 Å². The van der Waals surface area contributed by atoms with Gasteiger partial charge in [-0.25, -0.2) is 0 Å². The smallest absolute Gasteiger partial charge is 0.224 e. The lowest BCUT2D eigenvalue weighted by atomic mass is 10.1. The molecule has 24 heavy (non-hydrogen) atoms. The predicted molar refractivity (Wildman–Crippen MR) is 92.5 cm³/mol. The maximum Gasteiger partial charge on any atom is 0.224 e. The number of Topliss-reactive ketones (excluding diaryl/α,β-unsaturated/α-hetero) is 1. The van der Waals surface area contributed by atoms with E-state index in [0.717, 1.165) is 11.3 Å². The molecule has 0 aliphatic heterocycles. The molecule has 2 rings (SSSR count). The van der Waals surface area contributed by atoms with Gasteiger partial charge < -0.3 is 14.8 Å². The quantitative estimate of drug-likeness (QED) is 0.807. The summed E-state index contributed by atoms with van der Waals surface area (Å²) in [4.78, 5) is 23.8. The van der Waals surface area contributed by atoms with Crippen LogP contribution in [0.2, 0.25) is 0 Å². The van der Waals surface area contributed by atoms with E-state index in [1.807, 2.05) is 31.2 Å². The highest BCUT2D eigenvalue weighted by Gasteiger charge is 2.10. The zero-order chi connectivity index (χ0) is 17.4. The number of rotatable bonds is 8. The number of methoxy groups -OCH3 is 1. The molecule has 0 heterocycles. The van der Waals surface area contributed by atoms with Crippen molar-refractivity contribution in [2.24, 2.45) is 0 Å². The highest BCUT2D eigenvalue weighted by Crippen LogP contribution is 2.21. The molecule has 0 radical (unpaired) electrons. The molecule has 1 N–H and O–H groups in total. The van der Waals surface area contributed by atoms with E-state index in [-0.39, 0.29) is 31.1 Å². The van der Waals surface area contributed by atoms with Gasteiger partial charge in [-0.1, -0.05) is 18.2 Å². The Hall–Kier alpha value is -2.82. The minimum Gasteiger partial charge on any atom is -0.497 e. The standard InChI is InChI=1S/C19H21NO4/c1-14-12-17(23-2)9-10-18(14)20-19(22)11-8-15(21)13-24-16-6-4-3-5-7-16/h3-7,9-10,12H,8,11,13H2,1-2H3,(H,20,22). The van der Waals surface area contributed by atoms with E-state index in [4.69, 9.17) is 9.47 Å². The van der Waals surface area contributed by atoms with Crippen molar-refractivity contribution >= 4 is 17.4 Å². The average Bonchev–Trinajstić information content (AvgIpc) is 2.60. The molecular weight excluding hydrogens is 306 g/mol. The molecule has 0 atom stereocenters. The first-order valence-corrected chi connectivity index (χ1v) is 7.72. The highest BCUT2D eigenvalue weighted by atomic mass is 16.5. The number of ketones is 1. The number of ether oxygens (including phenoxy) is 2. The average molecular weight is 327 g/mol. The summed E-state index contributed by atoms with van der Waals surface area (Å²) in [5, 5.41) is 2.80. The van der Waals surface area contributed by atoms with Gasteiger partial charge >= 0.3 is 0 Å². The highest BCUT2D eigenvalue weighted by molar-refractivity contribution is 5.94. The molecular formula is C19H21NO4. The normalized spacial score (nSPS) is 10.1. The molecule has 126 valence electrons. The third kappa shape index (κ3) is 5.43. The van der Waals surface area contributed by atoms with Crippen molar-refractivity contribution in [1.29, 1.82) is 0 Å². The lowest BCUT2D eigenvalue weighted by molar-refractivity contribution is -0.124. The van der Waals surface area contributed by atoms with E-state index >= 15 is 0 Å². The monoisotopic (exact) mass is 327 g/mol. The van der Waals surface area contributed by atoms with Crippen LogP contribution in [0.5, 0.6) is 11.5 Å². The molecule has 5 heteroatoms. The maximum atomic E-state index is 12.0. The maximum absolute atomic E-state index is 12.0. The van der Waals surface area contributed by atoms with Gasteiger partial charge in [0.25, 0.3) is 0 Å². The molecule has 2 aromatic carbocycles. The topological polar surface area (TPSA) is 64.6 Å². The lowest BCUT2D eigenvalue weighted by Gasteiger charge is -2.10. The van der Waals surface area contributed by atoms with Gasteiger partial charge in [-0.2, -0.15) is 0 Å². The number of para-hydroxylation sites is 1. The minimum atomic E-state index is -0.198. The van der Waals surface area contributed by atoms with Gasteiger partial charge in [-0.15, -0.1) is 0 Å². The van der Waals surface area contributed by atoms with Gasteiger partial charge in [-0.05, 0) is 42.8 Å². The van der Waals surface area contributed by atoms with Crippen LogP contribution in [0, 0.1) is 6.92 Å². The Balaban J connectivity index is 1.75. The Morgan fingerprint density at radius 1 is 1.00 bits per heavy atom. The van der Waals surface area contributed by atoms with Gasteiger partial charge in [-0.3, -0.25) is 9.59 Å². The van der Waals surface area contributed by atoms with Crippen molar-refractivity contribution in [2.75, 3.05) is 19.0 Å². The van der Waals surface area contributed by atoms with E-state index in [1.54, 1.807) is 31.4 Å². The Bertz CT molecular complexity index is 698. The van der Waals surface area contributed by atoms with Crippen LogP contribution < -0.4 is 14.8 Å². The second-order valence-corrected chi connectivity index (χ2v) is 5.37. The van der Waals surface area contributed by atoms with Crippen molar-refractivity contribution in [1.82, 2.24) is 0 Å². The molecule has 1 amide bonds. The number of benzene rings is 2. The molecule has 0 spiro atoms. The van der Waals surface area contributed by atoms with Crippen LogP contribution >= 0.6 is 0 Å². The molecule has 0 aliphatic carbocycles. The third-order valence-electron chi connectivity index (χ3n) is 3.48. The molecule has 2 aromatic rings. The Morgan fingerprint density at radius 3 is 2.42 bits per heavy atom. The van der Waals surface area contributed by atoms with Crippen LogP contribution in [0.3, 0.4) is 0 Å². The summed E-state index contributed by atoms with van der Waals surface area (Å²) < 4.78 is 10.5. The summed E-state index contributed by atoms with van der Waals surface area (Å²) >= 11 is 0. The molecule has 0 saturated heterocycles. The Labute approximate surface area is 141 Å². The molecule has 0 aliphatic rings. The first kappa shape index (κ1) is 17.5. The summed E-state index contributed by atoms with van der Waals surface area (Å²) in [6.45, 7) is 1.86. The fourth-order valence-electron chi connectivity index (χ4n) is 2.12. The van der Waals surface area contributed by atoms with Crippen LogP contribution in [0.4, 0.5) is 5.69 Å². The summed E-state index contributed by atoms with van der Waals surface area (Å²) in [7, 11) is 1.59. The number of hydrogen-bond donors (Lipinski definition) is 1. The minimum absolute atomic E-state index is 0.0289. The van der Waals surface area contributed by atoms with Gasteiger partial charge in [0.1, 0.15) is 18.1 Å². The lowest BCUT2D eigenvalue weighted by Crippen LogP contribution is -2.17. The fraction of sp³-hybridized carbons (Fsp3) is 0.263. The molecule has 0 fully saturated rings. The van der Waals surface area contributed by atoms with E-state index in [9.17, 15) is 9.59 Å². The largest absolute Gasteiger partial charge is 0.497 e. The fourth-order valence-corrected chi connectivity index (χ4v) is 2.12. The zero-order valence-electron chi connectivity index (χ0n) is 13.9. The van der Waals surface area contributed by atoms with Crippen molar-refractivity contribution in [2.45, 2.75) is 19.8 Å². The van der Waals surface area contributed by atoms with Crippen molar-refractivity contribution in [3.05, 3.63) is 54.1 Å². The second-order valence-electron chi connectivity index (χ2n) is 5.37. The van der Waals surface area contributed by atoms with Crippen LogP contribution in [-0.4, -0.2) is 25.4 Å². The summed E-state index contributed by atoms with van der Waals surface area (Å²) in [6, 6.07) is 14.5. The number of amides is 1. The summed E-state index contributed by atoms with van der Waals surface area (Å²) in [5.41, 5.74) is 1.62. The Morgan fingerprint density at radius 2 is 1.75 bits per heavy atom. The number of nitrogens with one attached hydrogen (secondary N) is 1. The Kier molecular flexibility index (Phi) is 6.37. The van der Waals surface area contributed by atoms with Gasteiger partial charge in [0.15, 0.2) is 5.78 Å². The van der Waals surface area contributed by atoms with Gasteiger partial charge in [0, 0.05) is 18.5 Å².